The number of carbonyl (C=O) groups is 1. The highest BCUT2D eigenvalue weighted by Gasteiger charge is 2.27. The topological polar surface area (TPSA) is 71.5 Å². The lowest BCUT2D eigenvalue weighted by Crippen LogP contribution is -2.50. The number of aliphatic hydroxyl groups excluding tert-OH is 1. The van der Waals surface area contributed by atoms with E-state index in [4.69, 9.17) is 9.84 Å². The van der Waals surface area contributed by atoms with Crippen molar-refractivity contribution in [2.24, 2.45) is 0 Å². The summed E-state index contributed by atoms with van der Waals surface area (Å²) in [6.45, 7) is 2.03. The number of methoxy groups -OCH3 is 1. The number of nitrogens with one attached hydrogen (secondary N) is 1. The van der Waals surface area contributed by atoms with E-state index in [9.17, 15) is 9.18 Å². The van der Waals surface area contributed by atoms with Gasteiger partial charge in [0.25, 0.3) is 5.91 Å². The minimum atomic E-state index is -0.666. The number of rotatable bonds is 7. The number of ether oxygens (including phenoxy) is 1. The van der Waals surface area contributed by atoms with E-state index in [1.807, 2.05) is 0 Å². The van der Waals surface area contributed by atoms with Gasteiger partial charge >= 0.3 is 0 Å². The van der Waals surface area contributed by atoms with Crippen LogP contribution in [0.2, 0.25) is 0 Å². The molecule has 2 N–H and O–H groups in total. The third-order valence-electron chi connectivity index (χ3n) is 3.37. The minimum Gasteiger partial charge on any atom is -0.396 e. The summed E-state index contributed by atoms with van der Waals surface area (Å²) in [5.74, 6) is -0.648. The van der Waals surface area contributed by atoms with Crippen molar-refractivity contribution >= 4 is 17.2 Å². The highest BCUT2D eigenvalue weighted by molar-refractivity contribution is 7.13. The maximum Gasteiger partial charge on any atom is 0.271 e. The van der Waals surface area contributed by atoms with Crippen LogP contribution in [0.1, 0.15) is 23.8 Å². The maximum atomic E-state index is 13.0. The fourth-order valence-electron chi connectivity index (χ4n) is 2.18. The van der Waals surface area contributed by atoms with Gasteiger partial charge in [-0.1, -0.05) is 0 Å². The molecule has 124 valence electrons. The van der Waals surface area contributed by atoms with Gasteiger partial charge in [-0.2, -0.15) is 0 Å². The molecule has 0 fully saturated rings. The maximum absolute atomic E-state index is 13.0. The SMILES string of the molecule is COCC(C)(CCO)NC(=O)c1csc(-c2ccc(F)cc2)n1. The van der Waals surface area contributed by atoms with E-state index in [2.05, 4.69) is 10.3 Å². The van der Waals surface area contributed by atoms with Gasteiger partial charge in [0.1, 0.15) is 16.5 Å². The quantitative estimate of drug-likeness (QED) is 0.813. The van der Waals surface area contributed by atoms with E-state index in [0.29, 0.717) is 11.4 Å². The Labute approximate surface area is 138 Å². The monoisotopic (exact) mass is 338 g/mol. The average molecular weight is 338 g/mol. The number of benzene rings is 1. The normalized spacial score (nSPS) is 13.6. The highest BCUT2D eigenvalue weighted by atomic mass is 32.1. The van der Waals surface area contributed by atoms with Gasteiger partial charge in [-0.3, -0.25) is 4.79 Å². The zero-order valence-electron chi connectivity index (χ0n) is 13.0. The van der Waals surface area contributed by atoms with E-state index in [1.54, 1.807) is 24.4 Å². The first-order chi connectivity index (χ1) is 11.0. The number of amides is 1. The number of aliphatic hydroxyl groups is 1. The molecule has 7 heteroatoms. The number of aromatic nitrogens is 1. The molecule has 0 bridgehead atoms. The summed E-state index contributed by atoms with van der Waals surface area (Å²) in [6, 6.07) is 5.95. The van der Waals surface area contributed by atoms with Crippen molar-refractivity contribution in [3.63, 3.8) is 0 Å². The first-order valence-electron chi connectivity index (χ1n) is 7.11. The molecule has 1 aromatic carbocycles. The molecule has 1 atom stereocenters. The molecule has 1 amide bonds. The first kappa shape index (κ1) is 17.5. The molecule has 0 saturated carbocycles. The summed E-state index contributed by atoms with van der Waals surface area (Å²) in [5.41, 5.74) is 0.375. The van der Waals surface area contributed by atoms with Gasteiger partial charge in [-0.15, -0.1) is 11.3 Å². The number of thiazole rings is 1. The Bertz CT molecular complexity index is 652. The molecular formula is C16H19FN2O3S. The highest BCUT2D eigenvalue weighted by Crippen LogP contribution is 2.24. The van der Waals surface area contributed by atoms with Gasteiger partial charge < -0.3 is 15.2 Å². The molecule has 1 heterocycles. The molecule has 2 aromatic rings. The second-order valence-electron chi connectivity index (χ2n) is 5.47. The molecular weight excluding hydrogens is 319 g/mol. The Morgan fingerprint density at radius 2 is 2.13 bits per heavy atom. The summed E-state index contributed by atoms with van der Waals surface area (Å²) in [4.78, 5) is 16.6. The predicted octanol–water partition coefficient (Wildman–Crippen LogP) is 2.47. The van der Waals surface area contributed by atoms with E-state index in [-0.39, 0.29) is 30.6 Å². The van der Waals surface area contributed by atoms with E-state index < -0.39 is 5.54 Å². The van der Waals surface area contributed by atoms with Crippen LogP contribution in [0.5, 0.6) is 0 Å². The Morgan fingerprint density at radius 3 is 2.74 bits per heavy atom. The van der Waals surface area contributed by atoms with Crippen molar-refractivity contribution in [2.45, 2.75) is 18.9 Å². The van der Waals surface area contributed by atoms with Gasteiger partial charge in [0.15, 0.2) is 0 Å². The van der Waals surface area contributed by atoms with Crippen LogP contribution in [-0.2, 0) is 4.74 Å². The van der Waals surface area contributed by atoms with Crippen molar-refractivity contribution in [1.82, 2.24) is 10.3 Å². The van der Waals surface area contributed by atoms with Crippen LogP contribution in [0.25, 0.3) is 10.6 Å². The van der Waals surface area contributed by atoms with Crippen LogP contribution < -0.4 is 5.32 Å². The predicted molar refractivity (Wildman–Crippen MR) is 87.0 cm³/mol. The number of hydrogen-bond donors (Lipinski definition) is 2. The van der Waals surface area contributed by atoms with Crippen molar-refractivity contribution in [3.05, 3.63) is 41.2 Å². The molecule has 0 spiro atoms. The van der Waals surface area contributed by atoms with Crippen molar-refractivity contribution in [3.8, 4) is 10.6 Å². The second-order valence-corrected chi connectivity index (χ2v) is 6.32. The molecule has 5 nitrogen and oxygen atoms in total. The molecule has 2 rings (SSSR count). The standard InChI is InChI=1S/C16H19FN2O3S/c1-16(7-8-20,10-22-2)19-14(21)13-9-23-15(18-13)11-3-5-12(17)6-4-11/h3-6,9,20H,7-8,10H2,1-2H3,(H,19,21). The van der Waals surface area contributed by atoms with Crippen molar-refractivity contribution in [1.29, 1.82) is 0 Å². The molecule has 0 aliphatic carbocycles. The van der Waals surface area contributed by atoms with Gasteiger partial charge in [-0.25, -0.2) is 9.37 Å². The zero-order valence-corrected chi connectivity index (χ0v) is 13.8. The summed E-state index contributed by atoms with van der Waals surface area (Å²) in [7, 11) is 1.54. The first-order valence-corrected chi connectivity index (χ1v) is 7.99. The van der Waals surface area contributed by atoms with Gasteiger partial charge in [0, 0.05) is 24.7 Å². The number of halogens is 1. The van der Waals surface area contributed by atoms with Crippen molar-refractivity contribution < 1.29 is 19.0 Å². The zero-order chi connectivity index (χ0) is 16.9. The van der Waals surface area contributed by atoms with E-state index >= 15 is 0 Å². The van der Waals surface area contributed by atoms with Gasteiger partial charge in [0.05, 0.1) is 12.1 Å². The Balaban J connectivity index is 2.13. The smallest absolute Gasteiger partial charge is 0.271 e. The molecule has 0 saturated heterocycles. The van der Waals surface area contributed by atoms with E-state index in [1.165, 1.54) is 30.6 Å². The molecule has 1 aromatic heterocycles. The third-order valence-corrected chi connectivity index (χ3v) is 4.26. The minimum absolute atomic E-state index is 0.0575. The third kappa shape index (κ3) is 4.57. The number of hydrogen-bond acceptors (Lipinski definition) is 5. The molecule has 0 aliphatic rings. The Kier molecular flexibility index (Phi) is 5.81. The van der Waals surface area contributed by atoms with Crippen molar-refractivity contribution in [2.75, 3.05) is 20.3 Å². The lowest BCUT2D eigenvalue weighted by Gasteiger charge is -2.29. The van der Waals surface area contributed by atoms with Crippen LogP contribution in [0, 0.1) is 5.82 Å². The molecule has 23 heavy (non-hydrogen) atoms. The van der Waals surface area contributed by atoms with Crippen LogP contribution >= 0.6 is 11.3 Å². The summed E-state index contributed by atoms with van der Waals surface area (Å²) in [6.07, 6.45) is 0.377. The number of nitrogens with zero attached hydrogens (tertiary/aromatic N) is 1. The lowest BCUT2D eigenvalue weighted by molar-refractivity contribution is 0.0722. The van der Waals surface area contributed by atoms with Gasteiger partial charge in [0.2, 0.25) is 0 Å². The fourth-order valence-corrected chi connectivity index (χ4v) is 2.98. The Hall–Kier alpha value is -1.83. The fraction of sp³-hybridized carbons (Fsp3) is 0.375. The van der Waals surface area contributed by atoms with Crippen LogP contribution in [0.4, 0.5) is 4.39 Å². The van der Waals surface area contributed by atoms with E-state index in [0.717, 1.165) is 5.56 Å². The van der Waals surface area contributed by atoms with Crippen LogP contribution in [-0.4, -0.2) is 41.9 Å². The lowest BCUT2D eigenvalue weighted by atomic mass is 9.99. The molecule has 0 radical (unpaired) electrons. The number of carbonyl (C=O) groups excluding carboxylic acids is 1. The Morgan fingerprint density at radius 1 is 1.43 bits per heavy atom. The molecule has 1 unspecified atom stereocenters. The largest absolute Gasteiger partial charge is 0.396 e. The van der Waals surface area contributed by atoms with Crippen LogP contribution in [0.3, 0.4) is 0 Å². The second kappa shape index (κ2) is 7.63. The summed E-state index contributed by atoms with van der Waals surface area (Å²) in [5, 5.41) is 14.3. The average Bonchev–Trinajstić information content (AvgIpc) is 2.98. The van der Waals surface area contributed by atoms with Gasteiger partial charge in [-0.05, 0) is 37.6 Å². The molecule has 0 aliphatic heterocycles. The van der Waals surface area contributed by atoms with Crippen LogP contribution in [0.15, 0.2) is 29.6 Å². The summed E-state index contributed by atoms with van der Waals surface area (Å²) < 4.78 is 18.1. The summed E-state index contributed by atoms with van der Waals surface area (Å²) >= 11 is 1.31.